The molecule has 0 aliphatic carbocycles. The first-order chi connectivity index (χ1) is 9.65. The number of aryl methyl sites for hydroxylation is 2. The summed E-state index contributed by atoms with van der Waals surface area (Å²) >= 11 is 0. The molecule has 2 heteroatoms. The van der Waals surface area contributed by atoms with Crippen LogP contribution < -0.4 is 10.9 Å². The minimum absolute atomic E-state index is 0.363. The van der Waals surface area contributed by atoms with Crippen molar-refractivity contribution in [2.45, 2.75) is 32.9 Å². The monoisotopic (exact) mass is 266 g/mol. The maximum Gasteiger partial charge on any atom is 0.0506 e. The molecule has 1 saturated heterocycles. The van der Waals surface area contributed by atoms with Gasteiger partial charge in [-0.1, -0.05) is 66.6 Å². The molecule has 2 unspecified atom stereocenters. The van der Waals surface area contributed by atoms with E-state index in [4.69, 9.17) is 0 Å². The van der Waals surface area contributed by atoms with E-state index in [2.05, 4.69) is 80.2 Å². The average Bonchev–Trinajstić information content (AvgIpc) is 2.83. The fraction of sp³-hybridized carbons (Fsp3) is 0.333. The van der Waals surface area contributed by atoms with Gasteiger partial charge in [0.05, 0.1) is 12.1 Å². The van der Waals surface area contributed by atoms with Gasteiger partial charge in [-0.25, -0.2) is 10.9 Å². The van der Waals surface area contributed by atoms with E-state index in [1.807, 2.05) is 0 Å². The number of nitrogens with one attached hydrogen (secondary N) is 2. The van der Waals surface area contributed by atoms with Crippen molar-refractivity contribution in [2.24, 2.45) is 5.92 Å². The third-order valence-electron chi connectivity index (χ3n) is 4.32. The van der Waals surface area contributed by atoms with E-state index in [9.17, 15) is 0 Å². The highest BCUT2D eigenvalue weighted by Crippen LogP contribution is 2.36. The summed E-state index contributed by atoms with van der Waals surface area (Å²) in [5, 5.41) is 0. The third kappa shape index (κ3) is 2.49. The average molecular weight is 266 g/mol. The molecule has 2 aromatic rings. The van der Waals surface area contributed by atoms with Gasteiger partial charge < -0.3 is 0 Å². The first kappa shape index (κ1) is 13.3. The zero-order valence-corrected chi connectivity index (χ0v) is 12.4. The van der Waals surface area contributed by atoms with Crippen LogP contribution in [0.15, 0.2) is 48.5 Å². The fourth-order valence-electron chi connectivity index (χ4n) is 2.96. The molecule has 3 rings (SSSR count). The van der Waals surface area contributed by atoms with E-state index >= 15 is 0 Å². The van der Waals surface area contributed by atoms with Gasteiger partial charge in [0.25, 0.3) is 0 Å². The summed E-state index contributed by atoms with van der Waals surface area (Å²) in [7, 11) is 0. The summed E-state index contributed by atoms with van der Waals surface area (Å²) in [4.78, 5) is 0. The highest BCUT2D eigenvalue weighted by atomic mass is 15.4. The highest BCUT2D eigenvalue weighted by Gasteiger charge is 2.33. The Morgan fingerprint density at radius 1 is 0.650 bits per heavy atom. The second kappa shape index (κ2) is 5.39. The Labute approximate surface area is 121 Å². The molecule has 2 atom stereocenters. The maximum absolute atomic E-state index is 3.46. The standard InChI is InChI=1S/C18H22N2/c1-12-4-8-15(9-5-12)17-14(3)18(20-19-17)16-10-6-13(2)7-11-16/h4-11,14,17-20H,1-3H3. The molecule has 1 heterocycles. The summed E-state index contributed by atoms with van der Waals surface area (Å²) in [6, 6.07) is 18.4. The number of benzene rings is 2. The van der Waals surface area contributed by atoms with Crippen molar-refractivity contribution in [3.63, 3.8) is 0 Å². The molecule has 20 heavy (non-hydrogen) atoms. The van der Waals surface area contributed by atoms with Crippen LogP contribution in [0.5, 0.6) is 0 Å². The van der Waals surface area contributed by atoms with Crippen LogP contribution in [0.2, 0.25) is 0 Å². The molecule has 2 nitrogen and oxygen atoms in total. The largest absolute Gasteiger partial charge is 0.249 e. The summed E-state index contributed by atoms with van der Waals surface area (Å²) in [6.07, 6.45) is 0. The summed E-state index contributed by atoms with van der Waals surface area (Å²) in [5.74, 6) is 0.514. The molecule has 1 aliphatic rings. The van der Waals surface area contributed by atoms with Crippen LogP contribution in [0.25, 0.3) is 0 Å². The topological polar surface area (TPSA) is 24.1 Å². The lowest BCUT2D eigenvalue weighted by Gasteiger charge is -2.19. The van der Waals surface area contributed by atoms with E-state index in [0.29, 0.717) is 18.0 Å². The van der Waals surface area contributed by atoms with E-state index in [0.717, 1.165) is 0 Å². The van der Waals surface area contributed by atoms with Crippen LogP contribution >= 0.6 is 0 Å². The van der Waals surface area contributed by atoms with Gasteiger partial charge in [-0.3, -0.25) is 0 Å². The SMILES string of the molecule is Cc1ccc(C2NNC(c3ccc(C)cc3)C2C)cc1. The molecule has 1 fully saturated rings. The van der Waals surface area contributed by atoms with Crippen LogP contribution in [0, 0.1) is 19.8 Å². The third-order valence-corrected chi connectivity index (χ3v) is 4.32. The van der Waals surface area contributed by atoms with Crippen molar-refractivity contribution < 1.29 is 0 Å². The summed E-state index contributed by atoms with van der Waals surface area (Å²) < 4.78 is 0. The van der Waals surface area contributed by atoms with Crippen LogP contribution in [-0.4, -0.2) is 0 Å². The molecule has 0 amide bonds. The number of rotatable bonds is 2. The van der Waals surface area contributed by atoms with Gasteiger partial charge in [0.15, 0.2) is 0 Å². The van der Waals surface area contributed by atoms with Gasteiger partial charge >= 0.3 is 0 Å². The Hall–Kier alpha value is -1.64. The summed E-state index contributed by atoms with van der Waals surface area (Å²) in [6.45, 7) is 6.56. The minimum Gasteiger partial charge on any atom is -0.249 e. The van der Waals surface area contributed by atoms with Crippen LogP contribution in [0.3, 0.4) is 0 Å². The van der Waals surface area contributed by atoms with Crippen molar-refractivity contribution in [2.75, 3.05) is 0 Å². The molecular weight excluding hydrogens is 244 g/mol. The van der Waals surface area contributed by atoms with Gasteiger partial charge in [-0.2, -0.15) is 0 Å². The zero-order valence-electron chi connectivity index (χ0n) is 12.4. The molecule has 0 aromatic heterocycles. The first-order valence-electron chi connectivity index (χ1n) is 7.29. The number of hydrogen-bond acceptors (Lipinski definition) is 2. The molecule has 0 radical (unpaired) electrons. The molecule has 0 spiro atoms. The molecular formula is C18H22N2. The van der Waals surface area contributed by atoms with Gasteiger partial charge in [0, 0.05) is 0 Å². The molecule has 2 aromatic carbocycles. The number of hydrogen-bond donors (Lipinski definition) is 2. The van der Waals surface area contributed by atoms with E-state index in [1.165, 1.54) is 22.3 Å². The summed E-state index contributed by atoms with van der Waals surface area (Å²) in [5.41, 5.74) is 12.2. The van der Waals surface area contributed by atoms with Gasteiger partial charge in [-0.15, -0.1) is 0 Å². The normalized spacial score (nSPS) is 25.9. The quantitative estimate of drug-likeness (QED) is 0.863. The van der Waals surface area contributed by atoms with Gasteiger partial charge in [0.2, 0.25) is 0 Å². The number of hydrazine groups is 1. The highest BCUT2D eigenvalue weighted by molar-refractivity contribution is 5.29. The van der Waals surface area contributed by atoms with E-state index in [-0.39, 0.29) is 0 Å². The lowest BCUT2D eigenvalue weighted by atomic mass is 9.87. The Kier molecular flexibility index (Phi) is 3.60. The molecule has 104 valence electrons. The second-order valence-corrected chi connectivity index (χ2v) is 5.92. The predicted octanol–water partition coefficient (Wildman–Crippen LogP) is 3.83. The van der Waals surface area contributed by atoms with Crippen molar-refractivity contribution in [3.8, 4) is 0 Å². The van der Waals surface area contributed by atoms with E-state index < -0.39 is 0 Å². The minimum atomic E-state index is 0.363. The molecule has 0 bridgehead atoms. The Balaban J connectivity index is 1.81. The Morgan fingerprint density at radius 2 is 1.00 bits per heavy atom. The van der Waals surface area contributed by atoms with Crippen LogP contribution in [0.4, 0.5) is 0 Å². The zero-order chi connectivity index (χ0) is 14.1. The lowest BCUT2D eigenvalue weighted by Crippen LogP contribution is -2.26. The lowest BCUT2D eigenvalue weighted by molar-refractivity contribution is 0.466. The molecule has 0 saturated carbocycles. The van der Waals surface area contributed by atoms with Gasteiger partial charge in [0.1, 0.15) is 0 Å². The van der Waals surface area contributed by atoms with Crippen LogP contribution in [0.1, 0.15) is 41.3 Å². The van der Waals surface area contributed by atoms with Crippen molar-refractivity contribution >= 4 is 0 Å². The Bertz CT molecular complexity index is 518. The smallest absolute Gasteiger partial charge is 0.0506 e. The first-order valence-corrected chi connectivity index (χ1v) is 7.29. The van der Waals surface area contributed by atoms with Crippen molar-refractivity contribution in [3.05, 3.63) is 70.8 Å². The maximum atomic E-state index is 3.46. The predicted molar refractivity (Wildman–Crippen MR) is 83.3 cm³/mol. The molecule has 1 aliphatic heterocycles. The second-order valence-electron chi connectivity index (χ2n) is 5.92. The van der Waals surface area contributed by atoms with Gasteiger partial charge in [-0.05, 0) is 30.9 Å². The fourth-order valence-corrected chi connectivity index (χ4v) is 2.96. The molecule has 2 N–H and O–H groups in total. The van der Waals surface area contributed by atoms with Crippen molar-refractivity contribution in [1.29, 1.82) is 0 Å². The van der Waals surface area contributed by atoms with Crippen LogP contribution in [-0.2, 0) is 0 Å². The van der Waals surface area contributed by atoms with E-state index in [1.54, 1.807) is 0 Å². The van der Waals surface area contributed by atoms with Crippen molar-refractivity contribution in [1.82, 2.24) is 10.9 Å². The Morgan fingerprint density at radius 3 is 1.35 bits per heavy atom.